The Kier molecular flexibility index (Phi) is 3.64. The number of ether oxygens (including phenoxy) is 1. The Morgan fingerprint density at radius 3 is 3.00 bits per heavy atom. The second kappa shape index (κ2) is 5.19. The van der Waals surface area contributed by atoms with Gasteiger partial charge in [-0.3, -0.25) is 4.79 Å². The number of benzene rings is 1. The van der Waals surface area contributed by atoms with Crippen LogP contribution in [0.4, 0.5) is 11.4 Å². The van der Waals surface area contributed by atoms with E-state index in [-0.39, 0.29) is 11.8 Å². The number of anilines is 2. The van der Waals surface area contributed by atoms with E-state index in [1.54, 1.807) is 0 Å². The molecule has 1 heterocycles. The third-order valence-corrected chi connectivity index (χ3v) is 3.09. The first-order valence-electron chi connectivity index (χ1n) is 5.97. The van der Waals surface area contributed by atoms with Crippen LogP contribution in [0.5, 0.6) is 0 Å². The minimum Gasteiger partial charge on any atom is -0.398 e. The summed E-state index contributed by atoms with van der Waals surface area (Å²) in [5, 5.41) is 2.88. The molecular weight excluding hydrogens is 216 g/mol. The van der Waals surface area contributed by atoms with Crippen LogP contribution < -0.4 is 11.1 Å². The number of carbonyl (C=O) groups excluding carboxylic acids is 1. The smallest absolute Gasteiger partial charge is 0.229 e. The molecule has 0 spiro atoms. The average molecular weight is 234 g/mol. The van der Waals surface area contributed by atoms with Gasteiger partial charge in [-0.2, -0.15) is 0 Å². The number of aryl methyl sites for hydroxylation is 1. The van der Waals surface area contributed by atoms with Crippen molar-refractivity contribution in [3.05, 3.63) is 23.8 Å². The Bertz CT molecular complexity index is 412. The zero-order valence-corrected chi connectivity index (χ0v) is 10.0. The molecule has 0 aromatic heterocycles. The molecule has 92 valence electrons. The van der Waals surface area contributed by atoms with Gasteiger partial charge in [0.2, 0.25) is 5.91 Å². The van der Waals surface area contributed by atoms with Gasteiger partial charge in [-0.1, -0.05) is 13.0 Å². The molecule has 1 aromatic carbocycles. The van der Waals surface area contributed by atoms with E-state index in [0.717, 1.165) is 29.8 Å². The molecular formula is C13H18N2O2. The predicted octanol–water partition coefficient (Wildman–Crippen LogP) is 1.81. The van der Waals surface area contributed by atoms with Gasteiger partial charge in [0.25, 0.3) is 0 Å². The third-order valence-electron chi connectivity index (χ3n) is 3.09. The molecule has 0 saturated carbocycles. The maximum absolute atomic E-state index is 11.8. The molecule has 1 aromatic rings. The van der Waals surface area contributed by atoms with Crippen molar-refractivity contribution in [2.24, 2.45) is 5.92 Å². The van der Waals surface area contributed by atoms with Crippen LogP contribution in [0.3, 0.4) is 0 Å². The lowest BCUT2D eigenvalue weighted by Crippen LogP contribution is -2.22. The Morgan fingerprint density at radius 2 is 2.41 bits per heavy atom. The summed E-state index contributed by atoms with van der Waals surface area (Å²) in [5.74, 6) is -0.00627. The Balaban J connectivity index is 2.03. The van der Waals surface area contributed by atoms with Crippen molar-refractivity contribution >= 4 is 17.3 Å². The van der Waals surface area contributed by atoms with Crippen molar-refractivity contribution < 1.29 is 9.53 Å². The Morgan fingerprint density at radius 1 is 1.59 bits per heavy atom. The molecule has 17 heavy (non-hydrogen) atoms. The van der Waals surface area contributed by atoms with E-state index in [1.165, 1.54) is 0 Å². The molecule has 1 aliphatic rings. The van der Waals surface area contributed by atoms with Gasteiger partial charge in [-0.05, 0) is 30.5 Å². The maximum Gasteiger partial charge on any atom is 0.229 e. The van der Waals surface area contributed by atoms with E-state index in [9.17, 15) is 4.79 Å². The second-order valence-electron chi connectivity index (χ2n) is 4.32. The van der Waals surface area contributed by atoms with Gasteiger partial charge in [-0.25, -0.2) is 0 Å². The number of hydrogen-bond donors (Lipinski definition) is 2. The predicted molar refractivity (Wildman–Crippen MR) is 67.8 cm³/mol. The summed E-state index contributed by atoms with van der Waals surface area (Å²) in [6, 6.07) is 5.66. The molecule has 3 N–H and O–H groups in total. The van der Waals surface area contributed by atoms with Gasteiger partial charge in [0, 0.05) is 18.0 Å². The van der Waals surface area contributed by atoms with E-state index in [1.807, 2.05) is 18.2 Å². The molecule has 4 nitrogen and oxygen atoms in total. The second-order valence-corrected chi connectivity index (χ2v) is 4.32. The third kappa shape index (κ3) is 2.77. The van der Waals surface area contributed by atoms with Gasteiger partial charge in [0.1, 0.15) is 0 Å². The highest BCUT2D eigenvalue weighted by molar-refractivity contribution is 5.93. The number of nitrogen functional groups attached to an aromatic ring is 1. The maximum atomic E-state index is 11.8. The zero-order chi connectivity index (χ0) is 12.3. The standard InChI is InChI=1S/C13H18N2O2/c1-2-9-3-4-11(7-12(9)14)15-13(16)10-5-6-17-8-10/h3-4,7,10H,2,5-6,8,14H2,1H3,(H,15,16). The number of nitrogens with one attached hydrogen (secondary N) is 1. The SMILES string of the molecule is CCc1ccc(NC(=O)C2CCOC2)cc1N. The van der Waals surface area contributed by atoms with Crippen LogP contribution in [0.15, 0.2) is 18.2 Å². The lowest BCUT2D eigenvalue weighted by atomic mass is 10.1. The van der Waals surface area contributed by atoms with Gasteiger partial charge >= 0.3 is 0 Å². The van der Waals surface area contributed by atoms with Crippen LogP contribution in [-0.2, 0) is 16.0 Å². The topological polar surface area (TPSA) is 64.3 Å². The fourth-order valence-electron chi connectivity index (χ4n) is 1.98. The van der Waals surface area contributed by atoms with E-state index < -0.39 is 0 Å². The van der Waals surface area contributed by atoms with Gasteiger partial charge in [0.15, 0.2) is 0 Å². The molecule has 1 atom stereocenters. The average Bonchev–Trinajstić information content (AvgIpc) is 2.82. The zero-order valence-electron chi connectivity index (χ0n) is 10.0. The van der Waals surface area contributed by atoms with Crippen LogP contribution in [0.25, 0.3) is 0 Å². The Hall–Kier alpha value is -1.55. The van der Waals surface area contributed by atoms with Crippen LogP contribution in [0.1, 0.15) is 18.9 Å². The summed E-state index contributed by atoms with van der Waals surface area (Å²) < 4.78 is 5.19. The molecule has 1 fully saturated rings. The summed E-state index contributed by atoms with van der Waals surface area (Å²) in [4.78, 5) is 11.8. The summed E-state index contributed by atoms with van der Waals surface area (Å²) in [5.41, 5.74) is 8.48. The van der Waals surface area contributed by atoms with Crippen molar-refractivity contribution in [2.45, 2.75) is 19.8 Å². The highest BCUT2D eigenvalue weighted by Gasteiger charge is 2.23. The van der Waals surface area contributed by atoms with Crippen molar-refractivity contribution in [2.75, 3.05) is 24.3 Å². The highest BCUT2D eigenvalue weighted by atomic mass is 16.5. The minimum atomic E-state index is -0.0259. The summed E-state index contributed by atoms with van der Waals surface area (Å²) >= 11 is 0. The van der Waals surface area contributed by atoms with Gasteiger partial charge in [-0.15, -0.1) is 0 Å². The Labute approximate surface area is 101 Å². The molecule has 0 radical (unpaired) electrons. The van der Waals surface area contributed by atoms with E-state index in [2.05, 4.69) is 12.2 Å². The molecule has 0 aliphatic carbocycles. The minimum absolute atomic E-state index is 0.0196. The van der Waals surface area contributed by atoms with Crippen molar-refractivity contribution in [3.8, 4) is 0 Å². The van der Waals surface area contributed by atoms with Crippen molar-refractivity contribution in [1.82, 2.24) is 0 Å². The lowest BCUT2D eigenvalue weighted by Gasteiger charge is -2.11. The quantitative estimate of drug-likeness (QED) is 0.784. The first-order chi connectivity index (χ1) is 8.20. The molecule has 1 unspecified atom stereocenters. The molecule has 2 rings (SSSR count). The molecule has 1 amide bonds. The summed E-state index contributed by atoms with van der Waals surface area (Å²) in [6.45, 7) is 3.25. The van der Waals surface area contributed by atoms with Crippen molar-refractivity contribution in [1.29, 1.82) is 0 Å². The van der Waals surface area contributed by atoms with E-state index >= 15 is 0 Å². The van der Waals surface area contributed by atoms with Crippen LogP contribution in [-0.4, -0.2) is 19.1 Å². The lowest BCUT2D eigenvalue weighted by molar-refractivity contribution is -0.119. The van der Waals surface area contributed by atoms with Crippen molar-refractivity contribution in [3.63, 3.8) is 0 Å². The fraction of sp³-hybridized carbons (Fsp3) is 0.462. The number of nitrogens with two attached hydrogens (primary N) is 1. The monoisotopic (exact) mass is 234 g/mol. The van der Waals surface area contributed by atoms with Gasteiger partial charge < -0.3 is 15.8 Å². The van der Waals surface area contributed by atoms with Crippen LogP contribution in [0, 0.1) is 5.92 Å². The molecule has 1 saturated heterocycles. The van der Waals surface area contributed by atoms with E-state index in [0.29, 0.717) is 13.2 Å². The number of hydrogen-bond acceptors (Lipinski definition) is 3. The van der Waals surface area contributed by atoms with Crippen LogP contribution >= 0.6 is 0 Å². The summed E-state index contributed by atoms with van der Waals surface area (Å²) in [6.07, 6.45) is 1.70. The first kappa shape index (κ1) is 11.9. The van der Waals surface area contributed by atoms with Crippen LogP contribution in [0.2, 0.25) is 0 Å². The highest BCUT2D eigenvalue weighted by Crippen LogP contribution is 2.20. The largest absolute Gasteiger partial charge is 0.398 e. The first-order valence-corrected chi connectivity index (χ1v) is 5.97. The molecule has 1 aliphatic heterocycles. The number of rotatable bonds is 3. The molecule has 4 heteroatoms. The molecule has 0 bridgehead atoms. The normalized spacial score (nSPS) is 19.2. The summed E-state index contributed by atoms with van der Waals surface area (Å²) in [7, 11) is 0. The fourth-order valence-corrected chi connectivity index (χ4v) is 1.98. The van der Waals surface area contributed by atoms with E-state index in [4.69, 9.17) is 10.5 Å². The number of amides is 1. The number of carbonyl (C=O) groups is 1. The van der Waals surface area contributed by atoms with Gasteiger partial charge in [0.05, 0.1) is 12.5 Å².